The largest absolute Gasteiger partial charge is 0.416 e. The van der Waals surface area contributed by atoms with Crippen LogP contribution in [0.5, 0.6) is 0 Å². The molecule has 4 amide bonds. The second-order valence-electron chi connectivity index (χ2n) is 10.4. The quantitative estimate of drug-likeness (QED) is 0.537. The zero-order valence-corrected chi connectivity index (χ0v) is 24.2. The Hall–Kier alpha value is -4.04. The van der Waals surface area contributed by atoms with E-state index in [1.807, 2.05) is 0 Å². The normalized spacial score (nSPS) is 17.4. The number of nitrogens with one attached hydrogen (secondary N) is 1. The summed E-state index contributed by atoms with van der Waals surface area (Å²) in [5.74, 6) is -1.04. The van der Waals surface area contributed by atoms with Crippen molar-refractivity contribution in [1.82, 2.24) is 14.5 Å². The molecule has 2 aromatic rings. The number of nitrogens with zero attached hydrogens (tertiary/aromatic N) is 3. The molecule has 14 heteroatoms. The first-order valence-corrected chi connectivity index (χ1v) is 14.4. The van der Waals surface area contributed by atoms with Gasteiger partial charge in [0, 0.05) is 36.7 Å². The summed E-state index contributed by atoms with van der Waals surface area (Å²) in [4.78, 5) is 42.2. The van der Waals surface area contributed by atoms with Gasteiger partial charge in [-0.15, -0.1) is 0 Å². The lowest BCUT2D eigenvalue weighted by atomic mass is 9.89. The van der Waals surface area contributed by atoms with E-state index >= 15 is 0 Å². The van der Waals surface area contributed by atoms with Gasteiger partial charge in [-0.1, -0.05) is 12.1 Å². The molecule has 0 radical (unpaired) electrons. The Morgan fingerprint density at radius 1 is 1.12 bits per heavy atom. The van der Waals surface area contributed by atoms with Crippen LogP contribution in [0.15, 0.2) is 40.7 Å². The van der Waals surface area contributed by atoms with Gasteiger partial charge in [0.2, 0.25) is 10.0 Å². The van der Waals surface area contributed by atoms with E-state index in [1.54, 1.807) is 26.8 Å². The van der Waals surface area contributed by atoms with Crippen LogP contribution in [0.4, 0.5) is 18.0 Å². The molecule has 2 aliphatic heterocycles. The summed E-state index contributed by atoms with van der Waals surface area (Å²) in [5.41, 5.74) is 5.88. The summed E-state index contributed by atoms with van der Waals surface area (Å²) in [7, 11) is -2.65. The minimum Gasteiger partial charge on any atom is -0.351 e. The van der Waals surface area contributed by atoms with Gasteiger partial charge in [0.25, 0.3) is 11.8 Å². The van der Waals surface area contributed by atoms with Gasteiger partial charge in [0.15, 0.2) is 0 Å². The number of sulfonamides is 1. The number of primary amides is 1. The molecule has 0 aromatic heterocycles. The average molecular weight is 606 g/mol. The van der Waals surface area contributed by atoms with Crippen LogP contribution in [-0.4, -0.2) is 67.0 Å². The number of carbonyl (C=O) groups is 3. The Kier molecular flexibility index (Phi) is 8.08. The highest BCUT2D eigenvalue weighted by Gasteiger charge is 2.47. The monoisotopic (exact) mass is 605 g/mol. The molecule has 224 valence electrons. The fraction of sp³-hybridized carbons (Fsp3) is 0.357. The van der Waals surface area contributed by atoms with E-state index in [9.17, 15) is 36.0 Å². The van der Waals surface area contributed by atoms with Crippen molar-refractivity contribution in [3.8, 4) is 0 Å². The molecule has 42 heavy (non-hydrogen) atoms. The summed E-state index contributed by atoms with van der Waals surface area (Å²) in [6.45, 7) is 5.09. The van der Waals surface area contributed by atoms with Crippen molar-refractivity contribution in [1.29, 1.82) is 0 Å². The maximum Gasteiger partial charge on any atom is 0.416 e. The smallest absolute Gasteiger partial charge is 0.351 e. The van der Waals surface area contributed by atoms with Crippen LogP contribution in [0.2, 0.25) is 0 Å². The number of nitrogens with two attached hydrogens (primary N) is 1. The van der Waals surface area contributed by atoms with Crippen molar-refractivity contribution in [3.63, 3.8) is 0 Å². The third-order valence-electron chi connectivity index (χ3n) is 7.78. The van der Waals surface area contributed by atoms with Gasteiger partial charge in [-0.2, -0.15) is 17.5 Å². The SMILES string of the molecule is Cc1cc(C(=O)N(C)C(N)=O)c(C)c(C)c1C=CS(=O)(=O)N1CCC2(CC1)N=C(c1cccc(C(F)(F)F)c1)NC2=O. The average Bonchev–Trinajstić information content (AvgIpc) is 3.24. The maximum atomic E-state index is 13.2. The molecule has 1 spiro atoms. The molecule has 0 aliphatic carbocycles. The number of imide groups is 1. The van der Waals surface area contributed by atoms with E-state index in [4.69, 9.17) is 5.73 Å². The predicted molar refractivity (Wildman–Crippen MR) is 150 cm³/mol. The number of hydrogen-bond acceptors (Lipinski definition) is 6. The maximum absolute atomic E-state index is 13.2. The molecule has 2 aliphatic rings. The topological polar surface area (TPSA) is 142 Å². The number of hydrogen-bond donors (Lipinski definition) is 2. The van der Waals surface area contributed by atoms with E-state index in [1.165, 1.54) is 29.6 Å². The van der Waals surface area contributed by atoms with E-state index in [-0.39, 0.29) is 42.9 Å². The van der Waals surface area contributed by atoms with Gasteiger partial charge in [0.05, 0.1) is 5.56 Å². The first kappa shape index (κ1) is 30.9. The zero-order chi connectivity index (χ0) is 31.2. The number of alkyl halides is 3. The number of aliphatic imine (C=N–C) groups is 1. The fourth-order valence-corrected chi connectivity index (χ4v) is 6.22. The summed E-state index contributed by atoms with van der Waals surface area (Å²) in [6, 6.07) is 5.15. The number of piperidine rings is 1. The molecule has 0 atom stereocenters. The van der Waals surface area contributed by atoms with Gasteiger partial charge in [-0.3, -0.25) is 19.5 Å². The number of halogens is 3. The van der Waals surface area contributed by atoms with Gasteiger partial charge < -0.3 is 11.1 Å². The molecular formula is C28H30F3N5O5S. The van der Waals surface area contributed by atoms with Crippen LogP contribution in [0.3, 0.4) is 0 Å². The zero-order valence-electron chi connectivity index (χ0n) is 23.4. The molecule has 2 aromatic carbocycles. The third-order valence-corrected chi connectivity index (χ3v) is 9.35. The van der Waals surface area contributed by atoms with Crippen LogP contribution in [0.25, 0.3) is 6.08 Å². The molecular weight excluding hydrogens is 575 g/mol. The highest BCUT2D eigenvalue weighted by molar-refractivity contribution is 7.92. The second kappa shape index (κ2) is 11.0. The first-order chi connectivity index (χ1) is 19.5. The molecule has 1 fully saturated rings. The van der Waals surface area contributed by atoms with Gasteiger partial charge in [0.1, 0.15) is 11.4 Å². The number of carbonyl (C=O) groups excluding carboxylic acids is 3. The van der Waals surface area contributed by atoms with Gasteiger partial charge in [-0.05, 0) is 80.1 Å². The Labute approximate surface area is 241 Å². The van der Waals surface area contributed by atoms with E-state index in [0.717, 1.165) is 22.4 Å². The molecule has 4 rings (SSSR count). The van der Waals surface area contributed by atoms with Crippen molar-refractivity contribution < 1.29 is 36.0 Å². The molecule has 3 N–H and O–H groups in total. The summed E-state index contributed by atoms with van der Waals surface area (Å²) in [6.07, 6.45) is -3.01. The molecule has 0 bridgehead atoms. The van der Waals surface area contributed by atoms with Crippen LogP contribution in [0, 0.1) is 20.8 Å². The summed E-state index contributed by atoms with van der Waals surface area (Å²) < 4.78 is 67.0. The minimum atomic E-state index is -4.55. The highest BCUT2D eigenvalue weighted by atomic mass is 32.2. The Bertz CT molecular complexity index is 1640. The molecule has 10 nitrogen and oxygen atoms in total. The lowest BCUT2D eigenvalue weighted by molar-refractivity contribution is -0.137. The van der Waals surface area contributed by atoms with Gasteiger partial charge in [-0.25, -0.2) is 13.2 Å². The number of benzene rings is 2. The molecule has 1 saturated heterocycles. The second-order valence-corrected chi connectivity index (χ2v) is 12.2. The Balaban J connectivity index is 1.51. The molecule has 0 saturated carbocycles. The number of amidine groups is 1. The number of aryl methyl sites for hydroxylation is 1. The summed E-state index contributed by atoms with van der Waals surface area (Å²) >= 11 is 0. The Morgan fingerprint density at radius 2 is 1.76 bits per heavy atom. The lowest BCUT2D eigenvalue weighted by Crippen LogP contribution is -2.50. The third kappa shape index (κ3) is 5.81. The number of rotatable bonds is 5. The van der Waals surface area contributed by atoms with E-state index in [0.29, 0.717) is 22.3 Å². The summed E-state index contributed by atoms with van der Waals surface area (Å²) in [5, 5.41) is 3.62. The fourth-order valence-electron chi connectivity index (χ4n) is 5.05. The van der Waals surface area contributed by atoms with Crippen molar-refractivity contribution in [2.24, 2.45) is 10.7 Å². The van der Waals surface area contributed by atoms with Crippen molar-refractivity contribution in [2.45, 2.75) is 45.3 Å². The van der Waals surface area contributed by atoms with Crippen LogP contribution >= 0.6 is 0 Å². The minimum absolute atomic E-state index is 0.0209. The van der Waals surface area contributed by atoms with E-state index in [2.05, 4.69) is 10.3 Å². The molecule has 2 heterocycles. The highest BCUT2D eigenvalue weighted by Crippen LogP contribution is 2.34. The lowest BCUT2D eigenvalue weighted by Gasteiger charge is -2.34. The van der Waals surface area contributed by atoms with Crippen molar-refractivity contribution >= 4 is 39.8 Å². The van der Waals surface area contributed by atoms with Crippen LogP contribution in [-0.2, 0) is 21.0 Å². The predicted octanol–water partition coefficient (Wildman–Crippen LogP) is 3.49. The van der Waals surface area contributed by atoms with Crippen molar-refractivity contribution in [2.75, 3.05) is 20.1 Å². The Morgan fingerprint density at radius 3 is 2.36 bits per heavy atom. The standard InChI is InChI=1S/C28H30F3N5O5S/c1-16-14-22(24(37)35(4)26(32)39)18(3)17(2)21(16)8-13-42(40,41)36-11-9-27(10-12-36)25(38)33-23(34-27)19-6-5-7-20(15-19)28(29,30)31/h5-8,13-15H,9-12H2,1-4H3,(H2,32,39)(H,33,34,38). The van der Waals surface area contributed by atoms with Gasteiger partial charge >= 0.3 is 12.2 Å². The van der Waals surface area contributed by atoms with E-state index < -0.39 is 45.1 Å². The first-order valence-electron chi connectivity index (χ1n) is 12.9. The molecule has 0 unspecified atom stereocenters. The van der Waals surface area contributed by atoms with Crippen LogP contribution < -0.4 is 11.1 Å². The van der Waals surface area contributed by atoms with Crippen LogP contribution in [0.1, 0.15) is 56.6 Å². The number of amides is 4. The number of urea groups is 1. The van der Waals surface area contributed by atoms with Crippen molar-refractivity contribution in [3.05, 3.63) is 74.7 Å².